The molecule has 4 nitrogen and oxygen atoms in total. The molecule has 0 aliphatic carbocycles. The zero-order chi connectivity index (χ0) is 14.8. The van der Waals surface area contributed by atoms with Crippen molar-refractivity contribution >= 4 is 17.2 Å². The minimum atomic E-state index is -0.124. The molecule has 3 rings (SSSR count). The van der Waals surface area contributed by atoms with Gasteiger partial charge >= 0.3 is 0 Å². The van der Waals surface area contributed by atoms with Crippen molar-refractivity contribution in [3.63, 3.8) is 0 Å². The number of ether oxygens (including phenoxy) is 1. The normalized spacial score (nSPS) is 10.8. The van der Waals surface area contributed by atoms with Crippen molar-refractivity contribution in [1.29, 1.82) is 0 Å². The maximum Gasteiger partial charge on any atom is 0.258 e. The fourth-order valence-corrected chi connectivity index (χ4v) is 2.24. The number of hydrogen-bond donors (Lipinski definition) is 0. The molecule has 1 aromatic carbocycles. The molecule has 2 heterocycles. The molecular weight excluding hydrogens is 288 g/mol. The standard InChI is InChI=1S/C16H13ClN2O2/c1-11-6-7-15-18-12(8-16(20)19(15)9-11)10-21-14-5-3-2-4-13(14)17/h2-9H,10H2,1H3. The lowest BCUT2D eigenvalue weighted by molar-refractivity contribution is 0.301. The number of rotatable bonds is 3. The van der Waals surface area contributed by atoms with Crippen LogP contribution in [0.3, 0.4) is 0 Å². The summed E-state index contributed by atoms with van der Waals surface area (Å²) >= 11 is 6.02. The first-order valence-electron chi connectivity index (χ1n) is 6.50. The second-order valence-electron chi connectivity index (χ2n) is 4.74. The molecule has 0 saturated carbocycles. The molecule has 0 aliphatic heterocycles. The summed E-state index contributed by atoms with van der Waals surface area (Å²) in [5.74, 6) is 0.574. The van der Waals surface area contributed by atoms with Gasteiger partial charge in [-0.2, -0.15) is 0 Å². The van der Waals surface area contributed by atoms with Gasteiger partial charge < -0.3 is 4.74 Å². The second-order valence-corrected chi connectivity index (χ2v) is 5.15. The molecule has 0 unspecified atom stereocenters. The molecule has 106 valence electrons. The van der Waals surface area contributed by atoms with E-state index in [4.69, 9.17) is 16.3 Å². The third-order valence-corrected chi connectivity index (χ3v) is 3.38. The van der Waals surface area contributed by atoms with Crippen molar-refractivity contribution < 1.29 is 4.74 Å². The summed E-state index contributed by atoms with van der Waals surface area (Å²) in [6, 6.07) is 12.4. The topological polar surface area (TPSA) is 43.6 Å². The lowest BCUT2D eigenvalue weighted by Gasteiger charge is -2.08. The molecule has 0 fully saturated rings. The molecule has 0 atom stereocenters. The average Bonchev–Trinajstić information content (AvgIpc) is 2.47. The zero-order valence-electron chi connectivity index (χ0n) is 11.4. The highest BCUT2D eigenvalue weighted by Gasteiger charge is 2.05. The van der Waals surface area contributed by atoms with Crippen molar-refractivity contribution in [2.75, 3.05) is 0 Å². The maximum atomic E-state index is 12.1. The average molecular weight is 301 g/mol. The van der Waals surface area contributed by atoms with E-state index in [9.17, 15) is 4.79 Å². The van der Waals surface area contributed by atoms with E-state index in [-0.39, 0.29) is 12.2 Å². The molecule has 0 bridgehead atoms. The summed E-state index contributed by atoms with van der Waals surface area (Å²) in [4.78, 5) is 16.5. The second kappa shape index (κ2) is 5.58. The first-order chi connectivity index (χ1) is 10.1. The lowest BCUT2D eigenvalue weighted by atomic mass is 10.3. The van der Waals surface area contributed by atoms with Crippen molar-refractivity contribution in [3.05, 3.63) is 75.3 Å². The molecule has 0 spiro atoms. The van der Waals surface area contributed by atoms with E-state index in [2.05, 4.69) is 4.98 Å². The van der Waals surface area contributed by atoms with Gasteiger partial charge in [-0.1, -0.05) is 29.8 Å². The fourth-order valence-electron chi connectivity index (χ4n) is 2.05. The molecule has 0 saturated heterocycles. The molecule has 0 N–H and O–H groups in total. The molecule has 21 heavy (non-hydrogen) atoms. The van der Waals surface area contributed by atoms with Crippen LogP contribution in [-0.4, -0.2) is 9.38 Å². The number of pyridine rings is 1. The minimum Gasteiger partial charge on any atom is -0.486 e. The van der Waals surface area contributed by atoms with E-state index >= 15 is 0 Å². The van der Waals surface area contributed by atoms with Crippen LogP contribution in [0.1, 0.15) is 11.3 Å². The molecule has 0 amide bonds. The van der Waals surface area contributed by atoms with Gasteiger partial charge in [-0.25, -0.2) is 4.98 Å². The Balaban J connectivity index is 1.90. The van der Waals surface area contributed by atoms with Crippen LogP contribution in [0.15, 0.2) is 53.5 Å². The third kappa shape index (κ3) is 2.90. The van der Waals surface area contributed by atoms with Gasteiger partial charge in [0.1, 0.15) is 18.0 Å². The van der Waals surface area contributed by atoms with Gasteiger partial charge in [0.25, 0.3) is 5.56 Å². The van der Waals surface area contributed by atoms with Gasteiger partial charge in [-0.05, 0) is 30.7 Å². The molecule has 3 aromatic rings. The van der Waals surface area contributed by atoms with Gasteiger partial charge in [-0.3, -0.25) is 9.20 Å². The van der Waals surface area contributed by atoms with Crippen LogP contribution in [-0.2, 0) is 6.61 Å². The number of fused-ring (bicyclic) bond motifs is 1. The van der Waals surface area contributed by atoms with Gasteiger partial charge in [0.15, 0.2) is 0 Å². The number of benzene rings is 1. The Hall–Kier alpha value is -2.33. The highest BCUT2D eigenvalue weighted by molar-refractivity contribution is 6.32. The molecule has 2 aromatic heterocycles. The van der Waals surface area contributed by atoms with Crippen LogP contribution in [0.5, 0.6) is 5.75 Å². The van der Waals surface area contributed by atoms with Crippen LogP contribution < -0.4 is 10.3 Å². The van der Waals surface area contributed by atoms with Crippen molar-refractivity contribution in [2.45, 2.75) is 13.5 Å². The predicted molar refractivity (Wildman–Crippen MR) is 82.0 cm³/mol. The minimum absolute atomic E-state index is 0.124. The van der Waals surface area contributed by atoms with Crippen LogP contribution >= 0.6 is 11.6 Å². The predicted octanol–water partition coefficient (Wildman–Crippen LogP) is 3.24. The SMILES string of the molecule is Cc1ccc2nc(COc3ccccc3Cl)cc(=O)n2c1. The summed E-state index contributed by atoms with van der Waals surface area (Å²) in [6.45, 7) is 2.13. The molecule has 0 radical (unpaired) electrons. The number of para-hydroxylation sites is 1. The number of aryl methyl sites for hydroxylation is 1. The first kappa shape index (κ1) is 13.6. The lowest BCUT2D eigenvalue weighted by Crippen LogP contribution is -2.16. The summed E-state index contributed by atoms with van der Waals surface area (Å²) in [7, 11) is 0. The van der Waals surface area contributed by atoms with E-state index in [0.29, 0.717) is 22.1 Å². The van der Waals surface area contributed by atoms with Gasteiger partial charge in [0.05, 0.1) is 10.7 Å². The molecule has 0 aliphatic rings. The monoisotopic (exact) mass is 300 g/mol. The van der Waals surface area contributed by atoms with E-state index in [1.165, 1.54) is 10.5 Å². The Kier molecular flexibility index (Phi) is 3.62. The van der Waals surface area contributed by atoms with Crippen LogP contribution in [0.2, 0.25) is 5.02 Å². The van der Waals surface area contributed by atoms with Crippen LogP contribution in [0.25, 0.3) is 5.65 Å². The van der Waals surface area contributed by atoms with Crippen LogP contribution in [0, 0.1) is 6.92 Å². The largest absolute Gasteiger partial charge is 0.486 e. The Bertz CT molecular complexity index is 858. The van der Waals surface area contributed by atoms with E-state index in [0.717, 1.165) is 5.56 Å². The number of nitrogens with zero attached hydrogens (tertiary/aromatic N) is 2. The number of hydrogen-bond acceptors (Lipinski definition) is 3. The fraction of sp³-hybridized carbons (Fsp3) is 0.125. The van der Waals surface area contributed by atoms with Crippen molar-refractivity contribution in [2.24, 2.45) is 0 Å². The summed E-state index contributed by atoms with van der Waals surface area (Å²) in [5, 5.41) is 0.533. The third-order valence-electron chi connectivity index (χ3n) is 3.07. The highest BCUT2D eigenvalue weighted by atomic mass is 35.5. The van der Waals surface area contributed by atoms with Gasteiger partial charge in [-0.15, -0.1) is 0 Å². The Morgan fingerprint density at radius 2 is 2.05 bits per heavy atom. The van der Waals surface area contributed by atoms with E-state index < -0.39 is 0 Å². The molecule has 5 heteroatoms. The summed E-state index contributed by atoms with van der Waals surface area (Å²) in [5.41, 5.74) is 2.06. The maximum absolute atomic E-state index is 12.1. The summed E-state index contributed by atoms with van der Waals surface area (Å²) < 4.78 is 7.13. The number of halogens is 1. The van der Waals surface area contributed by atoms with Gasteiger partial charge in [0.2, 0.25) is 0 Å². The Labute approximate surface area is 126 Å². The van der Waals surface area contributed by atoms with E-state index in [1.807, 2.05) is 31.2 Å². The van der Waals surface area contributed by atoms with Crippen molar-refractivity contribution in [3.8, 4) is 5.75 Å². The Morgan fingerprint density at radius 1 is 1.24 bits per heavy atom. The van der Waals surface area contributed by atoms with Gasteiger partial charge in [0, 0.05) is 12.3 Å². The number of aromatic nitrogens is 2. The van der Waals surface area contributed by atoms with E-state index in [1.54, 1.807) is 18.3 Å². The smallest absolute Gasteiger partial charge is 0.258 e. The summed E-state index contributed by atoms with van der Waals surface area (Å²) in [6.07, 6.45) is 1.77. The van der Waals surface area contributed by atoms with Crippen molar-refractivity contribution in [1.82, 2.24) is 9.38 Å². The quantitative estimate of drug-likeness (QED) is 0.746. The zero-order valence-corrected chi connectivity index (χ0v) is 12.2. The first-order valence-corrected chi connectivity index (χ1v) is 6.87. The highest BCUT2D eigenvalue weighted by Crippen LogP contribution is 2.23. The molecular formula is C16H13ClN2O2. The van der Waals surface area contributed by atoms with Crippen LogP contribution in [0.4, 0.5) is 0 Å². The Morgan fingerprint density at radius 3 is 2.86 bits per heavy atom.